The molecule has 0 saturated heterocycles. The molecule has 0 amide bonds. The van der Waals surface area contributed by atoms with Crippen LogP contribution in [0.2, 0.25) is 0 Å². The van der Waals surface area contributed by atoms with Crippen LogP contribution in [0.1, 0.15) is 55.4 Å². The minimum Gasteiger partial charge on any atom is -0.341 e. The van der Waals surface area contributed by atoms with Gasteiger partial charge in [-0.2, -0.15) is 29.9 Å². The van der Waals surface area contributed by atoms with E-state index in [9.17, 15) is 0 Å². The number of hydrogen-bond acceptors (Lipinski definition) is 11. The van der Waals surface area contributed by atoms with E-state index in [-0.39, 0.29) is 0 Å². The molecule has 2 heterocycles. The van der Waals surface area contributed by atoms with Crippen LogP contribution >= 0.6 is 0 Å². The summed E-state index contributed by atoms with van der Waals surface area (Å²) in [4.78, 5) is 40.2. The standard InChI is InChI=1S/C29H47N11/c1-9-36(10-2)25-30-24(23-20-18-17-19-21-23)31-26(32-25)39(15-7)22-40(16-8)29-34-27(37(11-3)12-4)33-28(35-29)38(13-5)14-6/h17-21H,9-16,22H2,1-8H3. The summed E-state index contributed by atoms with van der Waals surface area (Å²) >= 11 is 0. The summed E-state index contributed by atoms with van der Waals surface area (Å²) in [7, 11) is 0. The van der Waals surface area contributed by atoms with E-state index in [0.717, 1.165) is 51.4 Å². The molecule has 11 nitrogen and oxygen atoms in total. The average molecular weight is 550 g/mol. The first-order valence-electron chi connectivity index (χ1n) is 14.8. The van der Waals surface area contributed by atoms with Crippen molar-refractivity contribution in [3.05, 3.63) is 30.3 Å². The van der Waals surface area contributed by atoms with Crippen molar-refractivity contribution in [1.29, 1.82) is 0 Å². The van der Waals surface area contributed by atoms with Gasteiger partial charge in [0.25, 0.3) is 0 Å². The Morgan fingerprint density at radius 3 is 1.05 bits per heavy atom. The molecule has 3 rings (SSSR count). The zero-order chi connectivity index (χ0) is 29.1. The van der Waals surface area contributed by atoms with Gasteiger partial charge < -0.3 is 24.5 Å². The molecule has 2 aromatic heterocycles. The Balaban J connectivity index is 2.06. The zero-order valence-corrected chi connectivity index (χ0v) is 25.7. The predicted molar refractivity (Wildman–Crippen MR) is 167 cm³/mol. The molecule has 11 heteroatoms. The summed E-state index contributed by atoms with van der Waals surface area (Å²) < 4.78 is 0. The fraction of sp³-hybridized carbons (Fsp3) is 0.586. The van der Waals surface area contributed by atoms with Gasteiger partial charge in [0.2, 0.25) is 29.7 Å². The van der Waals surface area contributed by atoms with Crippen molar-refractivity contribution in [2.24, 2.45) is 0 Å². The SMILES string of the molecule is CCN(CC)c1nc(-c2ccccc2)nc(N(CC)CN(CC)c2nc(N(CC)CC)nc(N(CC)CC)n2)n1. The van der Waals surface area contributed by atoms with Crippen molar-refractivity contribution < 1.29 is 0 Å². The summed E-state index contributed by atoms with van der Waals surface area (Å²) in [6, 6.07) is 10.1. The van der Waals surface area contributed by atoms with Gasteiger partial charge in [-0.1, -0.05) is 30.3 Å². The number of benzene rings is 1. The van der Waals surface area contributed by atoms with Gasteiger partial charge >= 0.3 is 0 Å². The molecule has 40 heavy (non-hydrogen) atoms. The van der Waals surface area contributed by atoms with Gasteiger partial charge in [-0.15, -0.1) is 0 Å². The molecule has 0 fully saturated rings. The molecule has 0 atom stereocenters. The lowest BCUT2D eigenvalue weighted by Gasteiger charge is -2.31. The molecule has 0 saturated carbocycles. The lowest BCUT2D eigenvalue weighted by atomic mass is 10.2. The van der Waals surface area contributed by atoms with E-state index in [1.165, 1.54) is 0 Å². The molecule has 0 spiro atoms. The summed E-state index contributed by atoms with van der Waals surface area (Å²) in [6.07, 6.45) is 0. The minimum absolute atomic E-state index is 0.530. The zero-order valence-electron chi connectivity index (χ0n) is 25.7. The van der Waals surface area contributed by atoms with Gasteiger partial charge in [0.15, 0.2) is 5.82 Å². The van der Waals surface area contributed by atoms with E-state index in [2.05, 4.69) is 79.9 Å². The van der Waals surface area contributed by atoms with Gasteiger partial charge in [-0.05, 0) is 55.4 Å². The molecule has 1 aromatic carbocycles. The van der Waals surface area contributed by atoms with Crippen molar-refractivity contribution in [2.45, 2.75) is 55.4 Å². The molecule has 0 radical (unpaired) electrons. The second kappa shape index (κ2) is 15.1. The van der Waals surface area contributed by atoms with E-state index in [1.54, 1.807) is 0 Å². The van der Waals surface area contributed by atoms with Gasteiger partial charge in [-0.3, -0.25) is 0 Å². The monoisotopic (exact) mass is 549 g/mol. The van der Waals surface area contributed by atoms with Crippen LogP contribution in [0.3, 0.4) is 0 Å². The second-order valence-electron chi connectivity index (χ2n) is 9.23. The third kappa shape index (κ3) is 7.25. The van der Waals surface area contributed by atoms with E-state index < -0.39 is 0 Å². The van der Waals surface area contributed by atoms with Crippen molar-refractivity contribution in [3.8, 4) is 11.4 Å². The van der Waals surface area contributed by atoms with Crippen LogP contribution < -0.4 is 24.5 Å². The maximum Gasteiger partial charge on any atom is 0.233 e. The predicted octanol–water partition coefficient (Wildman–Crippen LogP) is 4.57. The van der Waals surface area contributed by atoms with E-state index >= 15 is 0 Å². The molecule has 0 N–H and O–H groups in total. The number of anilines is 5. The summed E-state index contributed by atoms with van der Waals surface area (Å²) in [5, 5.41) is 0. The molecule has 3 aromatic rings. The number of rotatable bonds is 16. The molecule has 0 aliphatic carbocycles. The smallest absolute Gasteiger partial charge is 0.233 e. The first-order chi connectivity index (χ1) is 19.5. The summed E-state index contributed by atoms with van der Waals surface area (Å²) in [6.45, 7) is 23.9. The van der Waals surface area contributed by atoms with Gasteiger partial charge in [0.05, 0.1) is 6.67 Å². The summed E-state index contributed by atoms with van der Waals surface area (Å²) in [5.74, 6) is 4.05. The Bertz CT molecular complexity index is 1130. The topological polar surface area (TPSA) is 93.5 Å². The number of hydrogen-bond donors (Lipinski definition) is 0. The molecule has 0 unspecified atom stereocenters. The summed E-state index contributed by atoms with van der Waals surface area (Å²) in [5.41, 5.74) is 0.966. The van der Waals surface area contributed by atoms with Crippen LogP contribution in [0, 0.1) is 0 Å². The van der Waals surface area contributed by atoms with Gasteiger partial charge in [0, 0.05) is 57.9 Å². The Morgan fingerprint density at radius 1 is 0.400 bits per heavy atom. The van der Waals surface area contributed by atoms with Crippen molar-refractivity contribution in [1.82, 2.24) is 29.9 Å². The fourth-order valence-electron chi connectivity index (χ4n) is 4.46. The van der Waals surface area contributed by atoms with Crippen molar-refractivity contribution in [2.75, 3.05) is 83.5 Å². The van der Waals surface area contributed by atoms with E-state index in [4.69, 9.17) is 29.9 Å². The highest BCUT2D eigenvalue weighted by atomic mass is 15.4. The Hall–Kier alpha value is -3.76. The largest absolute Gasteiger partial charge is 0.341 e. The highest BCUT2D eigenvalue weighted by molar-refractivity contribution is 5.59. The lowest BCUT2D eigenvalue weighted by Crippen LogP contribution is -2.41. The minimum atomic E-state index is 0.530. The third-order valence-corrected chi connectivity index (χ3v) is 7.05. The average Bonchev–Trinajstić information content (AvgIpc) is 3.00. The van der Waals surface area contributed by atoms with Crippen molar-refractivity contribution in [3.63, 3.8) is 0 Å². The molecule has 0 bridgehead atoms. The van der Waals surface area contributed by atoms with Crippen LogP contribution in [-0.4, -0.2) is 88.9 Å². The highest BCUT2D eigenvalue weighted by Gasteiger charge is 2.22. The molecule has 218 valence electrons. The Kier molecular flexibility index (Phi) is 11.6. The normalized spacial score (nSPS) is 10.9. The van der Waals surface area contributed by atoms with Crippen LogP contribution in [0.25, 0.3) is 11.4 Å². The Morgan fingerprint density at radius 2 is 0.700 bits per heavy atom. The third-order valence-electron chi connectivity index (χ3n) is 7.05. The van der Waals surface area contributed by atoms with E-state index in [0.29, 0.717) is 48.8 Å². The maximum atomic E-state index is 4.93. The number of nitrogens with zero attached hydrogens (tertiary/aromatic N) is 11. The Labute approximate surface area is 240 Å². The first kappa shape index (κ1) is 30.8. The fourth-order valence-corrected chi connectivity index (χ4v) is 4.46. The lowest BCUT2D eigenvalue weighted by molar-refractivity contribution is 0.697. The quantitative estimate of drug-likeness (QED) is 0.235. The van der Waals surface area contributed by atoms with E-state index in [1.807, 2.05) is 30.3 Å². The van der Waals surface area contributed by atoms with Crippen LogP contribution in [0.4, 0.5) is 29.7 Å². The molecule has 0 aliphatic rings. The molecular formula is C29H47N11. The highest BCUT2D eigenvalue weighted by Crippen LogP contribution is 2.24. The van der Waals surface area contributed by atoms with Gasteiger partial charge in [-0.25, -0.2) is 0 Å². The van der Waals surface area contributed by atoms with Crippen LogP contribution in [-0.2, 0) is 0 Å². The maximum absolute atomic E-state index is 4.93. The molecule has 0 aliphatic heterocycles. The van der Waals surface area contributed by atoms with Crippen LogP contribution in [0.15, 0.2) is 30.3 Å². The molecular weight excluding hydrogens is 502 g/mol. The second-order valence-corrected chi connectivity index (χ2v) is 9.23. The van der Waals surface area contributed by atoms with Gasteiger partial charge in [0.1, 0.15) is 0 Å². The first-order valence-corrected chi connectivity index (χ1v) is 14.8. The number of aromatic nitrogens is 6. The van der Waals surface area contributed by atoms with Crippen molar-refractivity contribution >= 4 is 29.7 Å². The van der Waals surface area contributed by atoms with Crippen LogP contribution in [0.5, 0.6) is 0 Å².